The van der Waals surface area contributed by atoms with Crippen molar-refractivity contribution in [2.45, 2.75) is 26.8 Å². The first-order valence-corrected chi connectivity index (χ1v) is 12.2. The largest absolute Gasteiger partial charge is 0.493 e. The predicted octanol–water partition coefficient (Wildman–Crippen LogP) is 3.80. The van der Waals surface area contributed by atoms with Crippen molar-refractivity contribution in [1.29, 1.82) is 0 Å². The summed E-state index contributed by atoms with van der Waals surface area (Å²) >= 11 is 7.91. The maximum Gasteiger partial charge on any atom is 0.344 e. The van der Waals surface area contributed by atoms with Crippen LogP contribution in [0.3, 0.4) is 0 Å². The Labute approximate surface area is 222 Å². The van der Waals surface area contributed by atoms with Crippen LogP contribution in [-0.4, -0.2) is 50.4 Å². The topological polar surface area (TPSA) is 115 Å². The summed E-state index contributed by atoms with van der Waals surface area (Å²) in [7, 11) is 1.47. The number of ether oxygens (including phenoxy) is 3. The molecule has 0 aliphatic rings. The lowest BCUT2D eigenvalue weighted by Gasteiger charge is -2.20. The first kappa shape index (κ1) is 28.4. The van der Waals surface area contributed by atoms with Crippen LogP contribution < -0.4 is 20.2 Å². The van der Waals surface area contributed by atoms with Crippen LogP contribution in [0.1, 0.15) is 36.7 Å². The summed E-state index contributed by atoms with van der Waals surface area (Å²) in [5.74, 6) is -0.733. The van der Waals surface area contributed by atoms with Gasteiger partial charge in [-0.2, -0.15) is 5.10 Å². The van der Waals surface area contributed by atoms with Crippen molar-refractivity contribution in [3.63, 3.8) is 0 Å². The molecular formula is C24H27ClIN3O6. The van der Waals surface area contributed by atoms with Crippen molar-refractivity contribution in [1.82, 2.24) is 10.7 Å². The van der Waals surface area contributed by atoms with E-state index in [0.29, 0.717) is 31.2 Å². The zero-order chi connectivity index (χ0) is 26.0. The summed E-state index contributed by atoms with van der Waals surface area (Å²) in [6.45, 7) is 5.37. The van der Waals surface area contributed by atoms with Gasteiger partial charge in [0, 0.05) is 10.6 Å². The molecule has 2 aromatic rings. The third-order valence-corrected chi connectivity index (χ3v) is 5.68. The van der Waals surface area contributed by atoms with Crippen molar-refractivity contribution in [2.75, 3.05) is 20.3 Å². The maximum absolute atomic E-state index is 12.7. The van der Waals surface area contributed by atoms with Crippen LogP contribution in [0.25, 0.3) is 0 Å². The van der Waals surface area contributed by atoms with E-state index >= 15 is 0 Å². The lowest BCUT2D eigenvalue weighted by atomic mass is 10.0. The quantitative estimate of drug-likeness (QED) is 0.172. The van der Waals surface area contributed by atoms with E-state index < -0.39 is 23.8 Å². The number of carbonyl (C=O) groups is 3. The second kappa shape index (κ2) is 13.9. The van der Waals surface area contributed by atoms with E-state index in [9.17, 15) is 14.4 Å². The molecule has 11 heteroatoms. The van der Waals surface area contributed by atoms with E-state index in [4.69, 9.17) is 25.8 Å². The number of amides is 2. The second-order valence-electron chi connectivity index (χ2n) is 7.56. The Morgan fingerprint density at radius 3 is 2.46 bits per heavy atom. The number of hydrazone groups is 1. The highest BCUT2D eigenvalue weighted by atomic mass is 127. The zero-order valence-corrected chi connectivity index (χ0v) is 22.7. The Balaban J connectivity index is 2.06. The Morgan fingerprint density at radius 1 is 1.17 bits per heavy atom. The van der Waals surface area contributed by atoms with E-state index in [0.717, 1.165) is 0 Å². The van der Waals surface area contributed by atoms with Gasteiger partial charge < -0.3 is 19.5 Å². The fourth-order valence-electron chi connectivity index (χ4n) is 2.89. The zero-order valence-electron chi connectivity index (χ0n) is 19.8. The van der Waals surface area contributed by atoms with Gasteiger partial charge in [0.05, 0.1) is 23.5 Å². The Morgan fingerprint density at radius 2 is 1.86 bits per heavy atom. The van der Waals surface area contributed by atoms with E-state index in [2.05, 4.69) is 15.8 Å². The number of rotatable bonds is 11. The minimum absolute atomic E-state index is 0.182. The summed E-state index contributed by atoms with van der Waals surface area (Å²) in [6.07, 6.45) is 1.44. The van der Waals surface area contributed by atoms with Gasteiger partial charge >= 0.3 is 5.97 Å². The molecule has 0 heterocycles. The molecule has 0 radical (unpaired) electrons. The minimum Gasteiger partial charge on any atom is -0.493 e. The molecule has 0 fully saturated rings. The van der Waals surface area contributed by atoms with Crippen LogP contribution in [0.5, 0.6) is 11.5 Å². The number of carbonyl (C=O) groups excluding carboxylic acids is 3. The SMILES string of the molecule is CCOC(=O)COc1c(I)cc(/C=N/NC(=O)C(NC(=O)c2ccc(Cl)cc2)C(C)C)cc1OC. The predicted molar refractivity (Wildman–Crippen MR) is 141 cm³/mol. The molecule has 35 heavy (non-hydrogen) atoms. The van der Waals surface area contributed by atoms with Crippen molar-refractivity contribution < 1.29 is 28.6 Å². The number of hydrogen-bond acceptors (Lipinski definition) is 7. The fraction of sp³-hybridized carbons (Fsp3) is 0.333. The summed E-state index contributed by atoms with van der Waals surface area (Å²) in [4.78, 5) is 36.8. The smallest absolute Gasteiger partial charge is 0.344 e. The average Bonchev–Trinajstić information content (AvgIpc) is 2.81. The molecule has 0 aliphatic carbocycles. The molecule has 188 valence electrons. The summed E-state index contributed by atoms with van der Waals surface area (Å²) < 4.78 is 16.4. The third kappa shape index (κ3) is 8.70. The van der Waals surface area contributed by atoms with Gasteiger partial charge in [-0.1, -0.05) is 25.4 Å². The first-order valence-electron chi connectivity index (χ1n) is 10.7. The van der Waals surface area contributed by atoms with Crippen LogP contribution in [0.15, 0.2) is 41.5 Å². The van der Waals surface area contributed by atoms with Gasteiger partial charge in [-0.25, -0.2) is 10.2 Å². The lowest BCUT2D eigenvalue weighted by molar-refractivity contribution is -0.145. The Bertz CT molecular complexity index is 1080. The number of nitrogens with one attached hydrogen (secondary N) is 2. The van der Waals surface area contributed by atoms with E-state index in [1.165, 1.54) is 13.3 Å². The molecule has 9 nitrogen and oxygen atoms in total. The van der Waals surface area contributed by atoms with Crippen molar-refractivity contribution in [2.24, 2.45) is 11.0 Å². The van der Waals surface area contributed by atoms with Gasteiger partial charge in [0.1, 0.15) is 6.04 Å². The van der Waals surface area contributed by atoms with Crippen LogP contribution in [0, 0.1) is 9.49 Å². The monoisotopic (exact) mass is 615 g/mol. The van der Waals surface area contributed by atoms with Gasteiger partial charge in [0.15, 0.2) is 18.1 Å². The van der Waals surface area contributed by atoms with Crippen LogP contribution in [-0.2, 0) is 14.3 Å². The molecular weight excluding hydrogens is 589 g/mol. The molecule has 1 atom stereocenters. The Hall–Kier alpha value is -2.86. The van der Waals surface area contributed by atoms with Crippen LogP contribution in [0.4, 0.5) is 0 Å². The summed E-state index contributed by atoms with van der Waals surface area (Å²) in [6, 6.07) is 8.98. The van der Waals surface area contributed by atoms with E-state index in [-0.39, 0.29) is 19.1 Å². The highest BCUT2D eigenvalue weighted by Crippen LogP contribution is 2.33. The van der Waals surface area contributed by atoms with Crippen LogP contribution in [0.2, 0.25) is 5.02 Å². The molecule has 1 unspecified atom stereocenters. The molecule has 2 N–H and O–H groups in total. The molecule has 0 aliphatic heterocycles. The number of benzene rings is 2. The molecule has 0 aromatic heterocycles. The number of halogens is 2. The van der Waals surface area contributed by atoms with Gasteiger partial charge in [0.25, 0.3) is 11.8 Å². The molecule has 0 saturated carbocycles. The molecule has 0 saturated heterocycles. The van der Waals surface area contributed by atoms with Crippen molar-refractivity contribution in [3.8, 4) is 11.5 Å². The normalized spacial score (nSPS) is 11.7. The highest BCUT2D eigenvalue weighted by Gasteiger charge is 2.24. The second-order valence-corrected chi connectivity index (χ2v) is 9.16. The summed E-state index contributed by atoms with van der Waals surface area (Å²) in [5, 5.41) is 7.25. The van der Waals surface area contributed by atoms with Crippen LogP contribution >= 0.6 is 34.2 Å². The average molecular weight is 616 g/mol. The highest BCUT2D eigenvalue weighted by molar-refractivity contribution is 14.1. The van der Waals surface area contributed by atoms with Gasteiger partial charge in [-0.15, -0.1) is 0 Å². The number of methoxy groups -OCH3 is 1. The van der Waals surface area contributed by atoms with Crippen molar-refractivity contribution >= 4 is 58.2 Å². The van der Waals surface area contributed by atoms with Gasteiger partial charge in [0.2, 0.25) is 0 Å². The molecule has 0 spiro atoms. The number of hydrogen-bond donors (Lipinski definition) is 2. The molecule has 2 amide bonds. The standard InChI is InChI=1S/C24H27ClIN3O6/c1-5-34-20(30)13-35-22-18(26)10-15(11-19(22)33-4)12-27-29-24(32)21(14(2)3)28-23(31)16-6-8-17(25)9-7-16/h6-12,14,21H,5,13H2,1-4H3,(H,28,31)(H,29,32)/b27-12+. The van der Waals surface area contributed by atoms with Crippen molar-refractivity contribution in [3.05, 3.63) is 56.1 Å². The molecule has 2 rings (SSSR count). The van der Waals surface area contributed by atoms with Gasteiger partial charge in [-0.05, 0) is 77.4 Å². The van der Waals surface area contributed by atoms with E-state index in [1.54, 1.807) is 43.3 Å². The number of esters is 1. The fourth-order valence-corrected chi connectivity index (χ4v) is 3.80. The third-order valence-electron chi connectivity index (χ3n) is 4.62. The Kier molecular flexibility index (Phi) is 11.3. The van der Waals surface area contributed by atoms with E-state index in [1.807, 2.05) is 36.4 Å². The summed E-state index contributed by atoms with van der Waals surface area (Å²) in [5.41, 5.74) is 3.48. The molecule has 0 bridgehead atoms. The van der Waals surface area contributed by atoms with Gasteiger partial charge in [-0.3, -0.25) is 9.59 Å². The molecule has 2 aromatic carbocycles. The first-order chi connectivity index (χ1) is 16.7. The number of nitrogens with zero attached hydrogens (tertiary/aromatic N) is 1. The lowest BCUT2D eigenvalue weighted by Crippen LogP contribution is -2.48. The maximum atomic E-state index is 12.7. The minimum atomic E-state index is -0.802.